The van der Waals surface area contributed by atoms with E-state index in [1.165, 1.54) is 11.3 Å². The molecular formula is C20H28ClIN4O3S. The van der Waals surface area contributed by atoms with Crippen LogP contribution in [0.2, 0.25) is 5.02 Å². The van der Waals surface area contributed by atoms with Crippen LogP contribution in [0.1, 0.15) is 51.9 Å². The van der Waals surface area contributed by atoms with E-state index in [2.05, 4.69) is 20.6 Å². The first-order valence-electron chi connectivity index (χ1n) is 9.29. The lowest BCUT2D eigenvalue weighted by atomic mass is 10.1. The predicted octanol–water partition coefficient (Wildman–Crippen LogP) is 4.51. The second-order valence-corrected chi connectivity index (χ2v) is 7.75. The van der Waals surface area contributed by atoms with E-state index in [4.69, 9.17) is 21.1 Å². The molecule has 0 saturated carbocycles. The summed E-state index contributed by atoms with van der Waals surface area (Å²) in [6.45, 7) is 6.40. The van der Waals surface area contributed by atoms with Gasteiger partial charge in [0.2, 0.25) is 0 Å². The van der Waals surface area contributed by atoms with E-state index in [9.17, 15) is 4.79 Å². The third-order valence-corrected chi connectivity index (χ3v) is 5.74. The Bertz CT molecular complexity index is 862. The summed E-state index contributed by atoms with van der Waals surface area (Å²) >= 11 is 7.40. The highest BCUT2D eigenvalue weighted by Gasteiger charge is 2.20. The largest absolute Gasteiger partial charge is 0.462 e. The highest BCUT2D eigenvalue weighted by atomic mass is 127. The van der Waals surface area contributed by atoms with Gasteiger partial charge >= 0.3 is 5.97 Å². The standard InChI is InChI=1S/C20H27ClN4O3S.HI/c1-6-28-19(26)17-12(2)24-18(29-17)13(3)25-20(22-4)23-11-16(27-5)14-8-7-9-15(21)10-14;/h7-10,13,16H,6,11H2,1-5H3,(H2,22,23,25);1H. The molecule has 1 aromatic carbocycles. The zero-order valence-electron chi connectivity index (χ0n) is 17.7. The topological polar surface area (TPSA) is 84.8 Å². The molecule has 0 spiro atoms. The number of hydrogen-bond acceptors (Lipinski definition) is 6. The Morgan fingerprint density at radius 3 is 2.73 bits per heavy atom. The summed E-state index contributed by atoms with van der Waals surface area (Å²) in [7, 11) is 3.35. The van der Waals surface area contributed by atoms with Crippen LogP contribution in [0.5, 0.6) is 0 Å². The van der Waals surface area contributed by atoms with Crippen molar-refractivity contribution in [1.82, 2.24) is 15.6 Å². The van der Waals surface area contributed by atoms with E-state index >= 15 is 0 Å². The third-order valence-electron chi connectivity index (χ3n) is 4.18. The predicted molar refractivity (Wildman–Crippen MR) is 132 cm³/mol. The molecule has 0 aliphatic heterocycles. The number of ether oxygens (including phenoxy) is 2. The summed E-state index contributed by atoms with van der Waals surface area (Å²) in [5, 5.41) is 8.00. The van der Waals surface area contributed by atoms with Crippen LogP contribution < -0.4 is 10.6 Å². The number of aliphatic imine (C=N–C) groups is 1. The summed E-state index contributed by atoms with van der Waals surface area (Å²) < 4.78 is 10.7. The fourth-order valence-electron chi connectivity index (χ4n) is 2.68. The van der Waals surface area contributed by atoms with Gasteiger partial charge in [0.05, 0.1) is 24.4 Å². The third kappa shape index (κ3) is 7.36. The number of thiazole rings is 1. The Morgan fingerprint density at radius 2 is 2.13 bits per heavy atom. The van der Waals surface area contributed by atoms with Gasteiger partial charge in [-0.15, -0.1) is 35.3 Å². The van der Waals surface area contributed by atoms with E-state index in [0.29, 0.717) is 34.7 Å². The molecule has 2 atom stereocenters. The van der Waals surface area contributed by atoms with Crippen LogP contribution in [0.4, 0.5) is 0 Å². The van der Waals surface area contributed by atoms with Gasteiger partial charge in [-0.2, -0.15) is 0 Å². The molecule has 166 valence electrons. The molecule has 1 aromatic heterocycles. The maximum Gasteiger partial charge on any atom is 0.350 e. The van der Waals surface area contributed by atoms with E-state index < -0.39 is 0 Å². The molecule has 2 N–H and O–H groups in total. The number of halogens is 2. The molecule has 2 rings (SSSR count). The zero-order chi connectivity index (χ0) is 21.4. The molecule has 2 unspecified atom stereocenters. The first-order valence-corrected chi connectivity index (χ1v) is 10.5. The van der Waals surface area contributed by atoms with E-state index in [1.807, 2.05) is 31.2 Å². The maximum atomic E-state index is 12.0. The van der Waals surface area contributed by atoms with Crippen LogP contribution in [0.25, 0.3) is 0 Å². The number of aryl methyl sites for hydroxylation is 1. The molecule has 0 radical (unpaired) electrons. The molecule has 7 nitrogen and oxygen atoms in total. The molecule has 1 heterocycles. The molecular weight excluding hydrogens is 539 g/mol. The van der Waals surface area contributed by atoms with Crippen LogP contribution in [-0.2, 0) is 9.47 Å². The number of carbonyl (C=O) groups excluding carboxylic acids is 1. The van der Waals surface area contributed by atoms with Gasteiger partial charge in [0.15, 0.2) is 5.96 Å². The smallest absolute Gasteiger partial charge is 0.350 e. The number of hydrogen-bond donors (Lipinski definition) is 2. The summed E-state index contributed by atoms with van der Waals surface area (Å²) in [5.41, 5.74) is 1.64. The minimum Gasteiger partial charge on any atom is -0.462 e. The maximum absolute atomic E-state index is 12.0. The van der Waals surface area contributed by atoms with Crippen molar-refractivity contribution in [3.8, 4) is 0 Å². The van der Waals surface area contributed by atoms with Crippen molar-refractivity contribution < 1.29 is 14.3 Å². The monoisotopic (exact) mass is 566 g/mol. The van der Waals surface area contributed by atoms with Gasteiger partial charge in [0, 0.05) is 25.7 Å². The van der Waals surface area contributed by atoms with Crippen molar-refractivity contribution in [2.24, 2.45) is 4.99 Å². The Labute approximate surface area is 203 Å². The van der Waals surface area contributed by atoms with Gasteiger partial charge in [-0.1, -0.05) is 23.7 Å². The Kier molecular flexibility index (Phi) is 11.6. The normalized spacial score (nSPS) is 13.2. The average Bonchev–Trinajstić information content (AvgIpc) is 3.09. The fourth-order valence-corrected chi connectivity index (χ4v) is 3.85. The summed E-state index contributed by atoms with van der Waals surface area (Å²) in [6, 6.07) is 7.43. The van der Waals surface area contributed by atoms with E-state index in [-0.39, 0.29) is 42.1 Å². The average molecular weight is 567 g/mol. The molecule has 0 aliphatic rings. The minimum absolute atomic E-state index is 0. The molecule has 0 amide bonds. The van der Waals surface area contributed by atoms with Crippen molar-refractivity contribution in [2.45, 2.75) is 32.9 Å². The van der Waals surface area contributed by atoms with Crippen molar-refractivity contribution in [2.75, 3.05) is 27.3 Å². The van der Waals surface area contributed by atoms with Crippen molar-refractivity contribution in [1.29, 1.82) is 0 Å². The van der Waals surface area contributed by atoms with Crippen LogP contribution in [-0.4, -0.2) is 44.2 Å². The van der Waals surface area contributed by atoms with Gasteiger partial charge in [-0.3, -0.25) is 4.99 Å². The van der Waals surface area contributed by atoms with Gasteiger partial charge in [-0.05, 0) is 38.5 Å². The highest BCUT2D eigenvalue weighted by Crippen LogP contribution is 2.24. The van der Waals surface area contributed by atoms with Crippen LogP contribution in [0.3, 0.4) is 0 Å². The second kappa shape index (κ2) is 13.1. The Balaban J connectivity index is 0.00000450. The number of esters is 1. The van der Waals surface area contributed by atoms with Crippen molar-refractivity contribution in [3.05, 3.63) is 50.4 Å². The number of carbonyl (C=O) groups is 1. The van der Waals surface area contributed by atoms with Crippen molar-refractivity contribution >= 4 is 58.8 Å². The lowest BCUT2D eigenvalue weighted by Gasteiger charge is -2.20. The van der Waals surface area contributed by atoms with Crippen LogP contribution in [0, 0.1) is 6.92 Å². The van der Waals surface area contributed by atoms with Gasteiger partial charge in [-0.25, -0.2) is 9.78 Å². The molecule has 0 bridgehead atoms. The summed E-state index contributed by atoms with van der Waals surface area (Å²) in [4.78, 5) is 21.3. The van der Waals surface area contributed by atoms with E-state index in [0.717, 1.165) is 10.6 Å². The quantitative estimate of drug-likeness (QED) is 0.212. The summed E-state index contributed by atoms with van der Waals surface area (Å²) in [6.07, 6.45) is -0.180. The fraction of sp³-hybridized carbons (Fsp3) is 0.450. The molecule has 2 aromatic rings. The summed E-state index contributed by atoms with van der Waals surface area (Å²) in [5.74, 6) is 0.264. The number of rotatable bonds is 8. The van der Waals surface area contributed by atoms with Crippen molar-refractivity contribution in [3.63, 3.8) is 0 Å². The Morgan fingerprint density at radius 1 is 1.40 bits per heavy atom. The number of methoxy groups -OCH3 is 1. The second-order valence-electron chi connectivity index (χ2n) is 6.29. The molecule has 10 heteroatoms. The number of nitrogens with zero attached hydrogens (tertiary/aromatic N) is 2. The van der Waals surface area contributed by atoms with Gasteiger partial charge < -0.3 is 20.1 Å². The molecule has 0 saturated heterocycles. The first-order chi connectivity index (χ1) is 13.9. The van der Waals surface area contributed by atoms with Gasteiger partial charge in [0.1, 0.15) is 9.88 Å². The highest BCUT2D eigenvalue weighted by molar-refractivity contribution is 14.0. The van der Waals surface area contributed by atoms with Crippen LogP contribution >= 0.6 is 46.9 Å². The first kappa shape index (κ1) is 26.6. The number of benzene rings is 1. The van der Waals surface area contributed by atoms with Crippen LogP contribution in [0.15, 0.2) is 29.3 Å². The number of nitrogens with one attached hydrogen (secondary N) is 2. The number of aromatic nitrogens is 1. The number of guanidine groups is 1. The zero-order valence-corrected chi connectivity index (χ0v) is 21.6. The Hall–Kier alpha value is -1.43. The molecule has 30 heavy (non-hydrogen) atoms. The molecule has 0 fully saturated rings. The SMILES string of the molecule is CCOC(=O)c1sc(C(C)NC(=NC)NCC(OC)c2cccc(Cl)c2)nc1C.I. The lowest BCUT2D eigenvalue weighted by Crippen LogP contribution is -2.40. The minimum atomic E-state index is -0.340. The lowest BCUT2D eigenvalue weighted by molar-refractivity contribution is 0.0531. The van der Waals surface area contributed by atoms with Gasteiger partial charge in [0.25, 0.3) is 0 Å². The molecule has 0 aliphatic carbocycles. The van der Waals surface area contributed by atoms with E-state index in [1.54, 1.807) is 28.0 Å².